The Morgan fingerprint density at radius 3 is 2.32 bits per heavy atom. The number of nitrogens with one attached hydrogen (secondary N) is 1. The second-order valence-electron chi connectivity index (χ2n) is 7.88. The zero-order chi connectivity index (χ0) is 23.0. The molecule has 2 aromatic rings. The highest BCUT2D eigenvalue weighted by molar-refractivity contribution is 5.85. The van der Waals surface area contributed by atoms with E-state index in [2.05, 4.69) is 20.3 Å². The smallest absolute Gasteiger partial charge is 0.408 e. The van der Waals surface area contributed by atoms with Crippen LogP contribution in [0.25, 0.3) is 0 Å². The van der Waals surface area contributed by atoms with Crippen LogP contribution >= 0.6 is 0 Å². The Kier molecular flexibility index (Phi) is 8.29. The monoisotopic (exact) mass is 439 g/mol. The SMILES string of the molecule is CN(CCn1cnnc1)C(=O)C(Cc1ccc(OC(F)F)cc1)NC(=O)OC(C)(C)C. The van der Waals surface area contributed by atoms with Gasteiger partial charge in [0.25, 0.3) is 0 Å². The molecule has 0 saturated heterocycles. The van der Waals surface area contributed by atoms with E-state index in [1.165, 1.54) is 29.7 Å². The second-order valence-corrected chi connectivity index (χ2v) is 7.88. The highest BCUT2D eigenvalue weighted by Crippen LogP contribution is 2.17. The fourth-order valence-electron chi connectivity index (χ4n) is 2.67. The third-order valence-electron chi connectivity index (χ3n) is 4.11. The van der Waals surface area contributed by atoms with E-state index in [1.807, 2.05) is 0 Å². The Morgan fingerprint density at radius 2 is 1.77 bits per heavy atom. The number of likely N-dealkylation sites (N-methyl/N-ethyl adjacent to an activating group) is 1. The Morgan fingerprint density at radius 1 is 1.16 bits per heavy atom. The molecule has 1 atom stereocenters. The van der Waals surface area contributed by atoms with Crippen LogP contribution in [0.4, 0.5) is 13.6 Å². The molecule has 11 heteroatoms. The third-order valence-corrected chi connectivity index (χ3v) is 4.11. The summed E-state index contributed by atoms with van der Waals surface area (Å²) in [6, 6.07) is 4.97. The molecule has 2 amide bonds. The van der Waals surface area contributed by atoms with Gasteiger partial charge in [-0.2, -0.15) is 8.78 Å². The third kappa shape index (κ3) is 8.57. The van der Waals surface area contributed by atoms with Crippen molar-refractivity contribution in [2.24, 2.45) is 0 Å². The molecule has 0 spiro atoms. The molecule has 1 aromatic carbocycles. The lowest BCUT2D eigenvalue weighted by Crippen LogP contribution is -2.50. The van der Waals surface area contributed by atoms with Crippen molar-refractivity contribution in [3.8, 4) is 5.75 Å². The van der Waals surface area contributed by atoms with Gasteiger partial charge < -0.3 is 24.3 Å². The van der Waals surface area contributed by atoms with E-state index in [-0.39, 0.29) is 18.1 Å². The molecule has 0 bridgehead atoms. The summed E-state index contributed by atoms with van der Waals surface area (Å²) in [6.07, 6.45) is 2.50. The van der Waals surface area contributed by atoms with Gasteiger partial charge in [-0.1, -0.05) is 12.1 Å². The first-order valence-electron chi connectivity index (χ1n) is 9.64. The van der Waals surface area contributed by atoms with Gasteiger partial charge in [-0.05, 0) is 38.5 Å². The summed E-state index contributed by atoms with van der Waals surface area (Å²) in [5.41, 5.74) is -0.0741. The fourth-order valence-corrected chi connectivity index (χ4v) is 2.67. The first-order chi connectivity index (χ1) is 14.5. The molecule has 1 heterocycles. The van der Waals surface area contributed by atoms with Gasteiger partial charge in [0.05, 0.1) is 0 Å². The predicted octanol–water partition coefficient (Wildman–Crippen LogP) is 2.47. The number of benzene rings is 1. The second kappa shape index (κ2) is 10.7. The van der Waals surface area contributed by atoms with Gasteiger partial charge in [0.2, 0.25) is 5.91 Å². The van der Waals surface area contributed by atoms with Crippen LogP contribution in [0.1, 0.15) is 26.3 Å². The predicted molar refractivity (Wildman–Crippen MR) is 108 cm³/mol. The van der Waals surface area contributed by atoms with Crippen LogP contribution in [0.3, 0.4) is 0 Å². The Labute approximate surface area is 179 Å². The van der Waals surface area contributed by atoms with E-state index in [1.54, 1.807) is 44.5 Å². The summed E-state index contributed by atoms with van der Waals surface area (Å²) in [5.74, 6) is -0.320. The minimum absolute atomic E-state index is 0.00721. The molecule has 9 nitrogen and oxygen atoms in total. The van der Waals surface area contributed by atoms with Crippen molar-refractivity contribution in [1.82, 2.24) is 25.0 Å². The number of rotatable bonds is 9. The molecule has 1 aromatic heterocycles. The largest absolute Gasteiger partial charge is 0.444 e. The number of carbonyl (C=O) groups excluding carboxylic acids is 2. The number of hydrogen-bond acceptors (Lipinski definition) is 6. The summed E-state index contributed by atoms with van der Waals surface area (Å²) < 4.78 is 36.0. The quantitative estimate of drug-likeness (QED) is 0.645. The number of alkyl carbamates (subject to hydrolysis) is 1. The molecule has 0 aliphatic carbocycles. The number of alkyl halides is 2. The van der Waals surface area contributed by atoms with E-state index in [9.17, 15) is 18.4 Å². The summed E-state index contributed by atoms with van der Waals surface area (Å²) >= 11 is 0. The highest BCUT2D eigenvalue weighted by Gasteiger charge is 2.27. The lowest BCUT2D eigenvalue weighted by Gasteiger charge is -2.26. The average Bonchev–Trinajstić information content (AvgIpc) is 3.18. The maximum atomic E-state index is 13.0. The van der Waals surface area contributed by atoms with Crippen LogP contribution in [0.15, 0.2) is 36.9 Å². The Bertz CT molecular complexity index is 838. The van der Waals surface area contributed by atoms with E-state index in [4.69, 9.17) is 4.74 Å². The van der Waals surface area contributed by atoms with E-state index in [0.29, 0.717) is 18.7 Å². The number of hydrogen-bond donors (Lipinski definition) is 1. The standard InChI is InChI=1S/C20H27F2N5O4/c1-20(2,3)31-19(29)25-16(11-14-5-7-15(8-6-14)30-18(21)22)17(28)26(4)9-10-27-12-23-24-13-27/h5-8,12-13,16,18H,9-11H2,1-4H3,(H,25,29). The van der Waals surface area contributed by atoms with Crippen molar-refractivity contribution < 1.29 is 27.8 Å². The van der Waals surface area contributed by atoms with Crippen molar-refractivity contribution in [3.63, 3.8) is 0 Å². The summed E-state index contributed by atoms with van der Waals surface area (Å²) in [5, 5.41) is 10.0. The van der Waals surface area contributed by atoms with Crippen LogP contribution in [0.5, 0.6) is 5.75 Å². The normalized spacial score (nSPS) is 12.4. The molecule has 0 fully saturated rings. The zero-order valence-corrected chi connectivity index (χ0v) is 17.9. The zero-order valence-electron chi connectivity index (χ0n) is 17.9. The van der Waals surface area contributed by atoms with Crippen molar-refractivity contribution in [2.45, 2.75) is 52.0 Å². The van der Waals surface area contributed by atoms with Gasteiger partial charge in [0.1, 0.15) is 30.0 Å². The van der Waals surface area contributed by atoms with Crippen molar-refractivity contribution >= 4 is 12.0 Å². The van der Waals surface area contributed by atoms with Gasteiger partial charge in [0.15, 0.2) is 0 Å². The number of halogens is 2. The first-order valence-corrected chi connectivity index (χ1v) is 9.64. The average molecular weight is 439 g/mol. The molecular weight excluding hydrogens is 412 g/mol. The van der Waals surface area contributed by atoms with Crippen LogP contribution in [-0.2, 0) is 22.5 Å². The van der Waals surface area contributed by atoms with Crippen molar-refractivity contribution in [1.29, 1.82) is 0 Å². The molecule has 1 N–H and O–H groups in total. The van der Waals surface area contributed by atoms with Crippen molar-refractivity contribution in [2.75, 3.05) is 13.6 Å². The van der Waals surface area contributed by atoms with E-state index < -0.39 is 24.3 Å². The molecule has 0 aliphatic heterocycles. The molecule has 170 valence electrons. The Balaban J connectivity index is 2.09. The van der Waals surface area contributed by atoms with Crippen LogP contribution in [0, 0.1) is 0 Å². The van der Waals surface area contributed by atoms with Gasteiger partial charge in [0, 0.05) is 26.6 Å². The maximum absolute atomic E-state index is 13.0. The first kappa shape index (κ1) is 24.0. The minimum Gasteiger partial charge on any atom is -0.444 e. The molecular formula is C20H27F2N5O4. The van der Waals surface area contributed by atoms with Gasteiger partial charge in [-0.15, -0.1) is 10.2 Å². The lowest BCUT2D eigenvalue weighted by atomic mass is 10.0. The summed E-state index contributed by atoms with van der Waals surface area (Å²) in [6.45, 7) is 3.08. The van der Waals surface area contributed by atoms with Crippen LogP contribution in [0.2, 0.25) is 0 Å². The van der Waals surface area contributed by atoms with E-state index >= 15 is 0 Å². The number of ether oxygens (including phenoxy) is 2. The molecule has 1 unspecified atom stereocenters. The molecule has 2 rings (SSSR count). The van der Waals surface area contributed by atoms with E-state index in [0.717, 1.165) is 0 Å². The number of amides is 2. The van der Waals surface area contributed by atoms with Gasteiger partial charge >= 0.3 is 12.7 Å². The maximum Gasteiger partial charge on any atom is 0.408 e. The molecule has 0 aliphatic rings. The Hall–Kier alpha value is -3.24. The highest BCUT2D eigenvalue weighted by atomic mass is 19.3. The van der Waals surface area contributed by atoms with Crippen LogP contribution in [-0.4, -0.2) is 63.5 Å². The van der Waals surface area contributed by atoms with Crippen molar-refractivity contribution in [3.05, 3.63) is 42.5 Å². The molecule has 0 radical (unpaired) electrons. The van der Waals surface area contributed by atoms with Gasteiger partial charge in [-0.25, -0.2) is 4.79 Å². The number of carbonyl (C=O) groups is 2. The number of nitrogens with zero attached hydrogens (tertiary/aromatic N) is 4. The summed E-state index contributed by atoms with van der Waals surface area (Å²) in [4.78, 5) is 26.8. The topological polar surface area (TPSA) is 98.6 Å². The summed E-state index contributed by atoms with van der Waals surface area (Å²) in [7, 11) is 1.62. The lowest BCUT2D eigenvalue weighted by molar-refractivity contribution is -0.132. The molecule has 0 saturated carbocycles. The molecule has 31 heavy (non-hydrogen) atoms. The minimum atomic E-state index is -2.92. The fraction of sp³-hybridized carbons (Fsp3) is 0.500. The van der Waals surface area contributed by atoms with Gasteiger partial charge in [-0.3, -0.25) is 4.79 Å². The van der Waals surface area contributed by atoms with Crippen LogP contribution < -0.4 is 10.1 Å². The number of aromatic nitrogens is 3.